The Kier molecular flexibility index (Phi) is 6.20. The molecule has 1 aliphatic rings. The Hall–Kier alpha value is -1.03. The van der Waals surface area contributed by atoms with Crippen LogP contribution in [-0.2, 0) is 15.6 Å². The number of hydrogen-bond acceptors (Lipinski definition) is 3. The van der Waals surface area contributed by atoms with Gasteiger partial charge in [-0.05, 0) is 42.8 Å². The van der Waals surface area contributed by atoms with Gasteiger partial charge in [-0.15, -0.1) is 0 Å². The van der Waals surface area contributed by atoms with Crippen molar-refractivity contribution in [1.29, 1.82) is 0 Å². The van der Waals surface area contributed by atoms with Crippen molar-refractivity contribution in [3.8, 4) is 0 Å². The highest BCUT2D eigenvalue weighted by molar-refractivity contribution is 9.09. The Bertz CT molecular complexity index is 920. The second kappa shape index (κ2) is 8.01. The van der Waals surface area contributed by atoms with Crippen molar-refractivity contribution in [3.63, 3.8) is 0 Å². The largest absolute Gasteiger partial charge is 0.442 e. The van der Waals surface area contributed by atoms with Gasteiger partial charge < -0.3 is 0 Å². The lowest BCUT2D eigenvalue weighted by Gasteiger charge is -2.40. The number of hydrogen-bond donors (Lipinski definition) is 0. The number of aryl methyl sites for hydroxylation is 1. The van der Waals surface area contributed by atoms with Crippen molar-refractivity contribution in [3.05, 3.63) is 65.7 Å². The maximum absolute atomic E-state index is 13.4. The van der Waals surface area contributed by atoms with Gasteiger partial charge >= 0.3 is 5.51 Å². The van der Waals surface area contributed by atoms with Crippen LogP contribution in [0.3, 0.4) is 0 Å². The van der Waals surface area contributed by atoms with Crippen LogP contribution in [0.1, 0.15) is 17.5 Å². The molecule has 28 heavy (non-hydrogen) atoms. The standard InChI is InChI=1S/C19H19BrF3NO2S2/c1-14-7-9-16(10-8-14)28(25,26)24-12-11-17(27-19(21,22)23)18(24,13-20)15-5-3-2-4-6-15/h2-10,17H,11-13H2,1H3/t17-,18+/m0/s1. The van der Waals surface area contributed by atoms with Gasteiger partial charge in [0.25, 0.3) is 0 Å². The van der Waals surface area contributed by atoms with Crippen LogP contribution >= 0.6 is 27.7 Å². The molecule has 2 aromatic rings. The summed E-state index contributed by atoms with van der Waals surface area (Å²) in [5, 5.41) is -0.905. The molecule has 0 spiro atoms. The maximum atomic E-state index is 13.4. The minimum absolute atomic E-state index is 0.0183. The minimum Gasteiger partial charge on any atom is -0.207 e. The molecule has 3 nitrogen and oxygen atoms in total. The zero-order chi connectivity index (χ0) is 20.6. The molecule has 3 rings (SSSR count). The number of nitrogens with zero attached hydrogens (tertiary/aromatic N) is 1. The third-order valence-electron chi connectivity index (χ3n) is 4.93. The Balaban J connectivity index is 2.15. The molecule has 1 fully saturated rings. The van der Waals surface area contributed by atoms with E-state index in [0.29, 0.717) is 5.56 Å². The first-order chi connectivity index (χ1) is 13.1. The van der Waals surface area contributed by atoms with Crippen LogP contribution in [0.5, 0.6) is 0 Å². The molecule has 1 aliphatic heterocycles. The average Bonchev–Trinajstić information content (AvgIpc) is 3.01. The molecule has 0 aliphatic carbocycles. The molecular weight excluding hydrogens is 475 g/mol. The Morgan fingerprint density at radius 2 is 1.75 bits per heavy atom. The Morgan fingerprint density at radius 1 is 1.14 bits per heavy atom. The van der Waals surface area contributed by atoms with Crippen LogP contribution in [0.4, 0.5) is 13.2 Å². The van der Waals surface area contributed by atoms with E-state index in [1.165, 1.54) is 16.4 Å². The highest BCUT2D eigenvalue weighted by atomic mass is 79.9. The zero-order valence-electron chi connectivity index (χ0n) is 15.0. The molecule has 9 heteroatoms. The van der Waals surface area contributed by atoms with Gasteiger partial charge in [0, 0.05) is 17.1 Å². The molecular formula is C19H19BrF3NO2S2. The van der Waals surface area contributed by atoms with E-state index >= 15 is 0 Å². The lowest BCUT2D eigenvalue weighted by Crippen LogP contribution is -2.51. The van der Waals surface area contributed by atoms with Crippen LogP contribution in [0.2, 0.25) is 0 Å². The third-order valence-corrected chi connectivity index (χ3v) is 8.92. The van der Waals surface area contributed by atoms with Gasteiger partial charge in [-0.2, -0.15) is 17.5 Å². The zero-order valence-corrected chi connectivity index (χ0v) is 18.2. The number of rotatable bonds is 5. The van der Waals surface area contributed by atoms with E-state index < -0.39 is 26.3 Å². The van der Waals surface area contributed by atoms with E-state index in [1.807, 2.05) is 6.92 Å². The van der Waals surface area contributed by atoms with E-state index in [4.69, 9.17) is 0 Å². The summed E-state index contributed by atoms with van der Waals surface area (Å²) in [6.45, 7) is 1.86. The Morgan fingerprint density at radius 3 is 2.29 bits per heavy atom. The van der Waals surface area contributed by atoms with Crippen molar-refractivity contribution in [2.75, 3.05) is 11.9 Å². The van der Waals surface area contributed by atoms with E-state index in [1.54, 1.807) is 42.5 Å². The van der Waals surface area contributed by atoms with Crippen molar-refractivity contribution in [2.24, 2.45) is 0 Å². The Labute approximate surface area is 175 Å². The minimum atomic E-state index is -4.46. The molecule has 0 amide bonds. The third kappa shape index (κ3) is 3.99. The molecule has 0 N–H and O–H groups in total. The van der Waals surface area contributed by atoms with Crippen LogP contribution in [0.25, 0.3) is 0 Å². The fraction of sp³-hybridized carbons (Fsp3) is 0.368. The van der Waals surface area contributed by atoms with E-state index in [2.05, 4.69) is 15.9 Å². The summed E-state index contributed by atoms with van der Waals surface area (Å²) in [5.74, 6) is 0. The van der Waals surface area contributed by atoms with E-state index in [9.17, 15) is 21.6 Å². The van der Waals surface area contributed by atoms with E-state index in [0.717, 1.165) is 5.56 Å². The monoisotopic (exact) mass is 493 g/mol. The van der Waals surface area contributed by atoms with Gasteiger partial charge in [0.05, 0.1) is 10.4 Å². The molecule has 1 saturated heterocycles. The topological polar surface area (TPSA) is 37.4 Å². The summed E-state index contributed by atoms with van der Waals surface area (Å²) < 4.78 is 67.9. The van der Waals surface area contributed by atoms with Crippen LogP contribution in [0, 0.1) is 6.92 Å². The molecule has 1 heterocycles. The molecule has 0 aromatic heterocycles. The fourth-order valence-corrected chi connectivity index (χ4v) is 7.97. The summed E-state index contributed by atoms with van der Waals surface area (Å²) in [4.78, 5) is 0.0806. The maximum Gasteiger partial charge on any atom is 0.442 e. The van der Waals surface area contributed by atoms with E-state index in [-0.39, 0.29) is 35.0 Å². The number of sulfonamides is 1. The summed E-state index contributed by atoms with van der Waals surface area (Å²) in [6.07, 6.45) is 0.107. The van der Waals surface area contributed by atoms with Gasteiger partial charge in [0.15, 0.2) is 0 Å². The molecule has 0 radical (unpaired) electrons. The van der Waals surface area contributed by atoms with Crippen molar-refractivity contribution in [1.82, 2.24) is 4.31 Å². The summed E-state index contributed by atoms with van der Waals surface area (Å²) in [7, 11) is -3.99. The smallest absolute Gasteiger partial charge is 0.207 e. The number of thioether (sulfide) groups is 1. The molecule has 152 valence electrons. The lowest BCUT2D eigenvalue weighted by atomic mass is 9.90. The molecule has 0 unspecified atom stereocenters. The molecule has 0 bridgehead atoms. The van der Waals surface area contributed by atoms with Gasteiger partial charge in [0.2, 0.25) is 10.0 Å². The molecule has 2 atom stereocenters. The average molecular weight is 494 g/mol. The SMILES string of the molecule is Cc1ccc(S(=O)(=O)N2CC[C@H](SC(F)(F)F)[C@@]2(CBr)c2ccccc2)cc1. The van der Waals surface area contributed by atoms with Crippen molar-refractivity contribution >= 4 is 37.7 Å². The predicted molar refractivity (Wildman–Crippen MR) is 109 cm³/mol. The number of benzene rings is 2. The quantitative estimate of drug-likeness (QED) is 0.530. The highest BCUT2D eigenvalue weighted by Gasteiger charge is 2.57. The predicted octanol–water partition coefficient (Wildman–Crippen LogP) is 5.30. The van der Waals surface area contributed by atoms with Gasteiger partial charge in [-0.3, -0.25) is 0 Å². The van der Waals surface area contributed by atoms with Crippen LogP contribution in [0.15, 0.2) is 59.5 Å². The van der Waals surface area contributed by atoms with Gasteiger partial charge in [-0.25, -0.2) is 8.42 Å². The fourth-order valence-electron chi connectivity index (χ4n) is 3.61. The van der Waals surface area contributed by atoms with Crippen molar-refractivity contribution < 1.29 is 21.6 Å². The normalized spacial score (nSPS) is 23.8. The molecule has 2 aromatic carbocycles. The van der Waals surface area contributed by atoms with Crippen LogP contribution in [-0.4, -0.2) is 35.4 Å². The van der Waals surface area contributed by atoms with Crippen molar-refractivity contribution in [2.45, 2.75) is 34.5 Å². The first-order valence-corrected chi connectivity index (χ1v) is 12.0. The lowest BCUT2D eigenvalue weighted by molar-refractivity contribution is -0.0339. The number of halogens is 4. The highest BCUT2D eigenvalue weighted by Crippen LogP contribution is 2.52. The molecule has 0 saturated carbocycles. The first kappa shape index (κ1) is 21.7. The second-order valence-corrected chi connectivity index (χ2v) is 10.3. The van der Waals surface area contributed by atoms with Crippen LogP contribution < -0.4 is 0 Å². The van der Waals surface area contributed by atoms with Gasteiger partial charge in [0.1, 0.15) is 0 Å². The summed E-state index contributed by atoms with van der Waals surface area (Å²) in [6, 6.07) is 14.9. The number of alkyl halides is 4. The first-order valence-electron chi connectivity index (χ1n) is 8.57. The second-order valence-electron chi connectivity index (χ2n) is 6.66. The summed E-state index contributed by atoms with van der Waals surface area (Å²) in [5.41, 5.74) is -4.36. The summed E-state index contributed by atoms with van der Waals surface area (Å²) >= 11 is 3.22. The van der Waals surface area contributed by atoms with Gasteiger partial charge in [-0.1, -0.05) is 64.0 Å².